The van der Waals surface area contributed by atoms with Gasteiger partial charge in [0.1, 0.15) is 0 Å². The van der Waals surface area contributed by atoms with Crippen molar-refractivity contribution in [2.45, 2.75) is 64.8 Å². The standard InChI is InChI=1S/C17H32N2O2/c1-5-13-11-19(8-7-18(13)10-12(2)20)15-14-6-9-21-16(14)17(15,3)4/h12-16,20H,5-11H2,1-4H3/t12-,13-,14+,15-,16-/m1/s1. The highest BCUT2D eigenvalue weighted by Crippen LogP contribution is 2.54. The highest BCUT2D eigenvalue weighted by Gasteiger charge is 2.61. The third-order valence-corrected chi connectivity index (χ3v) is 6.04. The minimum Gasteiger partial charge on any atom is -0.392 e. The van der Waals surface area contributed by atoms with Gasteiger partial charge in [0.05, 0.1) is 12.2 Å². The number of β-amino-alcohol motifs (C(OH)–C–C–N with tert-alkyl or cyclic N) is 1. The monoisotopic (exact) mass is 296 g/mol. The molecule has 0 radical (unpaired) electrons. The molecule has 4 heteroatoms. The summed E-state index contributed by atoms with van der Waals surface area (Å²) >= 11 is 0. The van der Waals surface area contributed by atoms with E-state index < -0.39 is 0 Å². The number of nitrogens with zero attached hydrogens (tertiary/aromatic N) is 2. The van der Waals surface area contributed by atoms with E-state index in [4.69, 9.17) is 4.74 Å². The van der Waals surface area contributed by atoms with Gasteiger partial charge in [0.15, 0.2) is 0 Å². The molecule has 5 atom stereocenters. The first-order valence-electron chi connectivity index (χ1n) is 8.73. The minimum atomic E-state index is -0.224. The first kappa shape index (κ1) is 15.7. The molecule has 21 heavy (non-hydrogen) atoms. The summed E-state index contributed by atoms with van der Waals surface area (Å²) in [4.78, 5) is 5.21. The Labute approximate surface area is 129 Å². The van der Waals surface area contributed by atoms with Crippen molar-refractivity contribution in [3.63, 3.8) is 0 Å². The Balaban J connectivity index is 1.65. The van der Waals surface area contributed by atoms with Crippen molar-refractivity contribution < 1.29 is 9.84 Å². The van der Waals surface area contributed by atoms with Crippen LogP contribution in [0.4, 0.5) is 0 Å². The van der Waals surface area contributed by atoms with Gasteiger partial charge in [-0.2, -0.15) is 0 Å². The molecule has 2 aliphatic heterocycles. The molecule has 2 saturated heterocycles. The number of fused-ring (bicyclic) bond motifs is 1. The van der Waals surface area contributed by atoms with E-state index in [9.17, 15) is 5.11 Å². The molecule has 1 saturated carbocycles. The molecule has 0 spiro atoms. The van der Waals surface area contributed by atoms with E-state index in [0.717, 1.165) is 38.7 Å². The highest BCUT2D eigenvalue weighted by molar-refractivity contribution is 5.12. The third-order valence-electron chi connectivity index (χ3n) is 6.04. The molecular formula is C17H32N2O2. The van der Waals surface area contributed by atoms with E-state index in [1.165, 1.54) is 12.8 Å². The van der Waals surface area contributed by atoms with Crippen LogP contribution >= 0.6 is 0 Å². The van der Waals surface area contributed by atoms with Crippen LogP contribution in [0.1, 0.15) is 40.5 Å². The second kappa shape index (κ2) is 5.80. The zero-order valence-corrected chi connectivity index (χ0v) is 14.1. The molecule has 3 rings (SSSR count). The van der Waals surface area contributed by atoms with Crippen LogP contribution in [0.2, 0.25) is 0 Å². The van der Waals surface area contributed by atoms with Crippen LogP contribution in [-0.2, 0) is 4.74 Å². The molecule has 3 aliphatic rings. The second-order valence-corrected chi connectivity index (χ2v) is 7.91. The number of piperazine rings is 1. The fourth-order valence-electron chi connectivity index (χ4n) is 5.18. The Morgan fingerprint density at radius 2 is 2.10 bits per heavy atom. The van der Waals surface area contributed by atoms with Gasteiger partial charge >= 0.3 is 0 Å². The van der Waals surface area contributed by atoms with Gasteiger partial charge in [0.2, 0.25) is 0 Å². The lowest BCUT2D eigenvalue weighted by Crippen LogP contribution is -2.70. The molecule has 0 amide bonds. The van der Waals surface area contributed by atoms with Gasteiger partial charge in [-0.3, -0.25) is 9.80 Å². The molecule has 122 valence electrons. The zero-order chi connectivity index (χ0) is 15.2. The molecule has 0 unspecified atom stereocenters. The molecule has 0 aromatic rings. The summed E-state index contributed by atoms with van der Waals surface area (Å²) in [5.74, 6) is 0.751. The van der Waals surface area contributed by atoms with Gasteiger partial charge < -0.3 is 9.84 Å². The molecule has 4 nitrogen and oxygen atoms in total. The first-order chi connectivity index (χ1) is 9.95. The van der Waals surface area contributed by atoms with Crippen molar-refractivity contribution in [1.29, 1.82) is 0 Å². The number of ether oxygens (including phenoxy) is 1. The van der Waals surface area contributed by atoms with Crippen LogP contribution in [0, 0.1) is 11.3 Å². The van der Waals surface area contributed by atoms with Gasteiger partial charge in [-0.05, 0) is 19.8 Å². The number of aliphatic hydroxyl groups excluding tert-OH is 1. The average Bonchev–Trinajstić information content (AvgIpc) is 2.86. The van der Waals surface area contributed by atoms with E-state index in [0.29, 0.717) is 23.6 Å². The lowest BCUT2D eigenvalue weighted by atomic mass is 9.56. The topological polar surface area (TPSA) is 35.9 Å². The van der Waals surface area contributed by atoms with Crippen molar-refractivity contribution in [3.05, 3.63) is 0 Å². The smallest absolute Gasteiger partial charge is 0.0685 e. The van der Waals surface area contributed by atoms with Gasteiger partial charge in [-0.15, -0.1) is 0 Å². The normalized spacial score (nSPS) is 41.6. The fourth-order valence-corrected chi connectivity index (χ4v) is 5.18. The van der Waals surface area contributed by atoms with E-state index in [1.54, 1.807) is 0 Å². The number of aliphatic hydroxyl groups is 1. The average molecular weight is 296 g/mol. The zero-order valence-electron chi connectivity index (χ0n) is 14.1. The van der Waals surface area contributed by atoms with Crippen LogP contribution in [0.5, 0.6) is 0 Å². The Morgan fingerprint density at radius 3 is 2.76 bits per heavy atom. The molecule has 1 aliphatic carbocycles. The van der Waals surface area contributed by atoms with E-state index in [-0.39, 0.29) is 6.10 Å². The van der Waals surface area contributed by atoms with E-state index in [2.05, 4.69) is 30.6 Å². The fraction of sp³-hybridized carbons (Fsp3) is 1.00. The summed E-state index contributed by atoms with van der Waals surface area (Å²) in [5.41, 5.74) is 0.298. The molecule has 1 N–H and O–H groups in total. The summed E-state index contributed by atoms with van der Waals surface area (Å²) in [6.07, 6.45) is 2.67. The Bertz CT molecular complexity index is 372. The largest absolute Gasteiger partial charge is 0.392 e. The van der Waals surface area contributed by atoms with Crippen molar-refractivity contribution in [3.8, 4) is 0 Å². The Kier molecular flexibility index (Phi) is 4.34. The maximum absolute atomic E-state index is 9.68. The van der Waals surface area contributed by atoms with Gasteiger partial charge in [0, 0.05) is 56.2 Å². The van der Waals surface area contributed by atoms with Gasteiger partial charge in [-0.1, -0.05) is 20.8 Å². The molecule has 0 aromatic carbocycles. The summed E-state index contributed by atoms with van der Waals surface area (Å²) in [5, 5.41) is 9.68. The summed E-state index contributed by atoms with van der Waals surface area (Å²) in [6.45, 7) is 14.1. The van der Waals surface area contributed by atoms with Crippen LogP contribution in [-0.4, -0.2) is 72.0 Å². The third kappa shape index (κ3) is 2.65. The molecule has 3 fully saturated rings. The molecule has 2 heterocycles. The van der Waals surface area contributed by atoms with Crippen LogP contribution < -0.4 is 0 Å². The van der Waals surface area contributed by atoms with Gasteiger partial charge in [-0.25, -0.2) is 0 Å². The Morgan fingerprint density at radius 1 is 1.33 bits per heavy atom. The van der Waals surface area contributed by atoms with Crippen molar-refractivity contribution in [2.75, 3.05) is 32.8 Å². The van der Waals surface area contributed by atoms with Crippen LogP contribution in [0.15, 0.2) is 0 Å². The summed E-state index contributed by atoms with van der Waals surface area (Å²) < 4.78 is 5.94. The molecule has 0 aromatic heterocycles. The second-order valence-electron chi connectivity index (χ2n) is 7.91. The highest BCUT2D eigenvalue weighted by atomic mass is 16.5. The van der Waals surface area contributed by atoms with Crippen LogP contribution in [0.25, 0.3) is 0 Å². The number of hydrogen-bond donors (Lipinski definition) is 1. The summed E-state index contributed by atoms with van der Waals surface area (Å²) in [6, 6.07) is 1.28. The van der Waals surface area contributed by atoms with Crippen LogP contribution in [0.3, 0.4) is 0 Å². The minimum absolute atomic E-state index is 0.224. The predicted octanol–water partition coefficient (Wildman–Crippen LogP) is 1.58. The van der Waals surface area contributed by atoms with Crippen molar-refractivity contribution in [2.24, 2.45) is 11.3 Å². The first-order valence-corrected chi connectivity index (χ1v) is 8.73. The Hall–Kier alpha value is -0.160. The lowest BCUT2D eigenvalue weighted by Gasteiger charge is -2.60. The maximum Gasteiger partial charge on any atom is 0.0685 e. The molecular weight excluding hydrogens is 264 g/mol. The van der Waals surface area contributed by atoms with E-state index in [1.807, 2.05) is 6.92 Å². The number of hydrogen-bond acceptors (Lipinski definition) is 4. The SMILES string of the molecule is CC[C@@H]1CN([C@@H]2[C@@H]3CCO[C@H]3C2(C)C)CCN1C[C@@H](C)O. The van der Waals surface area contributed by atoms with Crippen molar-refractivity contribution in [1.82, 2.24) is 9.80 Å². The predicted molar refractivity (Wildman–Crippen MR) is 84.3 cm³/mol. The lowest BCUT2D eigenvalue weighted by molar-refractivity contribution is -0.166. The summed E-state index contributed by atoms with van der Waals surface area (Å²) in [7, 11) is 0. The quantitative estimate of drug-likeness (QED) is 0.854. The van der Waals surface area contributed by atoms with Crippen molar-refractivity contribution >= 4 is 0 Å². The van der Waals surface area contributed by atoms with E-state index >= 15 is 0 Å². The van der Waals surface area contributed by atoms with Gasteiger partial charge in [0.25, 0.3) is 0 Å². The maximum atomic E-state index is 9.68. The molecule has 0 bridgehead atoms. The number of rotatable bonds is 4.